The molecule has 2 heterocycles. The molecule has 2 aromatic heterocycles. The number of pyridine rings is 1. The molecule has 1 saturated carbocycles. The van der Waals surface area contributed by atoms with E-state index in [1.54, 1.807) is 0 Å². The fraction of sp³-hybridized carbons (Fsp3) is 0.231. The number of hydrogen-bond acceptors (Lipinski definition) is 2. The van der Waals surface area contributed by atoms with Gasteiger partial charge in [0, 0.05) is 29.9 Å². The average molecular weight is 396 g/mol. The van der Waals surface area contributed by atoms with Gasteiger partial charge in [0.1, 0.15) is 5.65 Å². The van der Waals surface area contributed by atoms with Gasteiger partial charge in [-0.05, 0) is 49.9 Å². The van der Waals surface area contributed by atoms with Crippen LogP contribution in [0, 0.1) is 13.8 Å². The maximum Gasteiger partial charge on any atom is 0.253 e. The van der Waals surface area contributed by atoms with E-state index in [1.165, 1.54) is 16.7 Å². The van der Waals surface area contributed by atoms with Gasteiger partial charge in [-0.3, -0.25) is 4.79 Å². The van der Waals surface area contributed by atoms with E-state index < -0.39 is 0 Å². The fourth-order valence-electron chi connectivity index (χ4n) is 4.41. The first kappa shape index (κ1) is 18.6. The predicted octanol–water partition coefficient (Wildman–Crippen LogP) is 5.29. The molecule has 0 radical (unpaired) electrons. The number of aromatic nitrogens is 2. The topological polar surface area (TPSA) is 46.4 Å². The Hall–Kier alpha value is -3.40. The van der Waals surface area contributed by atoms with Gasteiger partial charge in [-0.2, -0.15) is 0 Å². The molecule has 4 aromatic rings. The Morgan fingerprint density at radius 1 is 1.00 bits per heavy atom. The molecule has 1 aliphatic carbocycles. The number of hydrogen-bond donors (Lipinski definition) is 1. The largest absolute Gasteiger partial charge is 0.349 e. The van der Waals surface area contributed by atoms with Crippen molar-refractivity contribution in [1.29, 1.82) is 0 Å². The van der Waals surface area contributed by atoms with Crippen LogP contribution >= 0.6 is 0 Å². The van der Waals surface area contributed by atoms with E-state index in [2.05, 4.69) is 42.3 Å². The normalized spacial score (nSPS) is 18.2. The van der Waals surface area contributed by atoms with Crippen LogP contribution in [0.25, 0.3) is 16.9 Å². The molecule has 1 amide bonds. The van der Waals surface area contributed by atoms with Crippen molar-refractivity contribution >= 4 is 11.6 Å². The highest BCUT2D eigenvalue weighted by atomic mass is 16.1. The van der Waals surface area contributed by atoms with E-state index in [0.29, 0.717) is 11.5 Å². The van der Waals surface area contributed by atoms with Crippen LogP contribution < -0.4 is 5.32 Å². The summed E-state index contributed by atoms with van der Waals surface area (Å²) in [6.45, 7) is 4.28. The third-order valence-corrected chi connectivity index (χ3v) is 6.20. The highest BCUT2D eigenvalue weighted by Crippen LogP contribution is 2.38. The minimum atomic E-state index is -0.0219. The summed E-state index contributed by atoms with van der Waals surface area (Å²) in [7, 11) is 0. The third-order valence-electron chi connectivity index (χ3n) is 6.20. The summed E-state index contributed by atoms with van der Waals surface area (Å²) in [5, 5.41) is 3.25. The standard InChI is InChI=1S/C26H25N3O/c1-17-8-10-21(18(2)14-17)22-11-12-23(22)28-26(30)20-9-13-25-27-24(16-29(25)15-20)19-6-4-3-5-7-19/h3-10,13-16,22-23H,11-12H2,1-2H3,(H,28,30). The van der Waals surface area contributed by atoms with Gasteiger partial charge in [-0.25, -0.2) is 4.98 Å². The van der Waals surface area contributed by atoms with Crippen LogP contribution in [0.3, 0.4) is 0 Å². The summed E-state index contributed by atoms with van der Waals surface area (Å²) < 4.78 is 1.93. The summed E-state index contributed by atoms with van der Waals surface area (Å²) in [4.78, 5) is 17.6. The highest BCUT2D eigenvalue weighted by molar-refractivity contribution is 5.94. The van der Waals surface area contributed by atoms with Crippen molar-refractivity contribution in [3.05, 3.63) is 95.3 Å². The van der Waals surface area contributed by atoms with Gasteiger partial charge >= 0.3 is 0 Å². The Morgan fingerprint density at radius 3 is 2.57 bits per heavy atom. The van der Waals surface area contributed by atoms with E-state index in [4.69, 9.17) is 0 Å². The van der Waals surface area contributed by atoms with E-state index in [-0.39, 0.29) is 11.9 Å². The van der Waals surface area contributed by atoms with Gasteiger partial charge in [-0.1, -0.05) is 54.1 Å². The van der Waals surface area contributed by atoms with Gasteiger partial charge in [0.2, 0.25) is 0 Å². The van der Waals surface area contributed by atoms with Gasteiger partial charge in [0.05, 0.1) is 11.3 Å². The average Bonchev–Trinajstić information content (AvgIpc) is 3.17. The summed E-state index contributed by atoms with van der Waals surface area (Å²) >= 11 is 0. The van der Waals surface area contributed by atoms with Crippen LogP contribution in [-0.2, 0) is 0 Å². The zero-order valence-electron chi connectivity index (χ0n) is 17.3. The molecule has 1 aliphatic rings. The second kappa shape index (κ2) is 7.45. The molecule has 2 atom stereocenters. The van der Waals surface area contributed by atoms with Crippen LogP contribution in [0.15, 0.2) is 73.1 Å². The lowest BCUT2D eigenvalue weighted by molar-refractivity contribution is 0.0904. The molecular formula is C26H25N3O. The minimum absolute atomic E-state index is 0.0219. The molecule has 30 heavy (non-hydrogen) atoms. The van der Waals surface area contributed by atoms with Gasteiger partial charge in [-0.15, -0.1) is 0 Å². The second-order valence-electron chi connectivity index (χ2n) is 8.30. The molecule has 4 heteroatoms. The quantitative estimate of drug-likeness (QED) is 0.510. The molecule has 0 bridgehead atoms. The van der Waals surface area contributed by atoms with Gasteiger partial charge < -0.3 is 9.72 Å². The molecule has 0 aliphatic heterocycles. The maximum atomic E-state index is 12.9. The van der Waals surface area contributed by atoms with Crippen molar-refractivity contribution in [2.24, 2.45) is 0 Å². The predicted molar refractivity (Wildman–Crippen MR) is 120 cm³/mol. The van der Waals surface area contributed by atoms with Crippen molar-refractivity contribution in [3.8, 4) is 11.3 Å². The van der Waals surface area contributed by atoms with Crippen molar-refractivity contribution in [2.75, 3.05) is 0 Å². The molecule has 2 unspecified atom stereocenters. The highest BCUT2D eigenvalue weighted by Gasteiger charge is 2.34. The Bertz CT molecular complexity index is 1230. The molecule has 4 nitrogen and oxygen atoms in total. The molecule has 0 saturated heterocycles. The first-order chi connectivity index (χ1) is 14.6. The van der Waals surface area contributed by atoms with Gasteiger partial charge in [0.15, 0.2) is 0 Å². The Balaban J connectivity index is 1.34. The number of amides is 1. The number of nitrogens with one attached hydrogen (secondary N) is 1. The number of fused-ring (bicyclic) bond motifs is 1. The smallest absolute Gasteiger partial charge is 0.253 e. The number of benzene rings is 2. The van der Waals surface area contributed by atoms with E-state index in [9.17, 15) is 4.79 Å². The van der Waals surface area contributed by atoms with Crippen molar-refractivity contribution < 1.29 is 4.79 Å². The van der Waals surface area contributed by atoms with Crippen molar-refractivity contribution in [2.45, 2.75) is 38.6 Å². The monoisotopic (exact) mass is 395 g/mol. The van der Waals surface area contributed by atoms with Crippen LogP contribution in [-0.4, -0.2) is 21.3 Å². The lowest BCUT2D eigenvalue weighted by Crippen LogP contribution is -2.45. The first-order valence-corrected chi connectivity index (χ1v) is 10.5. The van der Waals surface area contributed by atoms with Crippen LogP contribution in [0.4, 0.5) is 0 Å². The van der Waals surface area contributed by atoms with Crippen molar-refractivity contribution in [3.63, 3.8) is 0 Å². The van der Waals surface area contributed by atoms with Crippen LogP contribution in [0.5, 0.6) is 0 Å². The zero-order valence-corrected chi connectivity index (χ0v) is 17.3. The molecule has 2 aromatic carbocycles. The van der Waals surface area contributed by atoms with Gasteiger partial charge in [0.25, 0.3) is 5.91 Å². The summed E-state index contributed by atoms with van der Waals surface area (Å²) in [6.07, 6.45) is 5.99. The van der Waals surface area contributed by atoms with Crippen molar-refractivity contribution in [1.82, 2.24) is 14.7 Å². The molecule has 1 N–H and O–H groups in total. The number of aryl methyl sites for hydroxylation is 2. The first-order valence-electron chi connectivity index (χ1n) is 10.5. The molecular weight excluding hydrogens is 370 g/mol. The van der Waals surface area contributed by atoms with E-state index in [0.717, 1.165) is 29.7 Å². The number of carbonyl (C=O) groups is 1. The third kappa shape index (κ3) is 3.39. The van der Waals surface area contributed by atoms with E-state index in [1.807, 2.05) is 59.3 Å². The van der Waals surface area contributed by atoms with Crippen LogP contribution in [0.1, 0.15) is 45.8 Å². The summed E-state index contributed by atoms with van der Waals surface area (Å²) in [5.74, 6) is 0.377. The summed E-state index contributed by atoms with van der Waals surface area (Å²) in [5.41, 5.74) is 7.41. The number of carbonyl (C=O) groups excluding carboxylic acids is 1. The SMILES string of the molecule is Cc1ccc(C2CCC2NC(=O)c2ccc3nc(-c4ccccc4)cn3c2)c(C)c1. The molecule has 150 valence electrons. The zero-order chi connectivity index (χ0) is 20.7. The Kier molecular flexibility index (Phi) is 4.62. The molecule has 0 spiro atoms. The summed E-state index contributed by atoms with van der Waals surface area (Å²) in [6, 6.07) is 20.6. The Morgan fingerprint density at radius 2 is 1.83 bits per heavy atom. The number of nitrogens with zero attached hydrogens (tertiary/aromatic N) is 2. The van der Waals surface area contributed by atoms with Crippen LogP contribution in [0.2, 0.25) is 0 Å². The lowest BCUT2D eigenvalue weighted by Gasteiger charge is -2.38. The number of imidazole rings is 1. The molecule has 5 rings (SSSR count). The van der Waals surface area contributed by atoms with E-state index >= 15 is 0 Å². The maximum absolute atomic E-state index is 12.9. The minimum Gasteiger partial charge on any atom is -0.349 e. The second-order valence-corrected chi connectivity index (χ2v) is 8.30. The fourth-order valence-corrected chi connectivity index (χ4v) is 4.41. The number of rotatable bonds is 4. The molecule has 1 fully saturated rings. The lowest BCUT2D eigenvalue weighted by atomic mass is 9.73. The Labute approximate surface area is 176 Å².